The summed E-state index contributed by atoms with van der Waals surface area (Å²) in [4.78, 5) is 34.6. The standard InChI is InChI=1S/C27H38N2O5.C4H4O4/c1-19(2)18-34-26-17-21(10-12-24(26)32-4)28-27(30)22-8-6-7-14-29(22)15-13-20-9-11-23(31-3)25(16-20)33-5;5-3(6)1-2-4(7)8/h9-12,16-17,19,22H,6-8,13-15,18H2,1-5H3,(H,28,30);1-2H,(H,5,6)(H,7,8)/b;2-1+. The van der Waals surface area contributed by atoms with Gasteiger partial charge in [-0.15, -0.1) is 0 Å². The number of carboxylic acids is 2. The topological polar surface area (TPSA) is 144 Å². The average molecular weight is 587 g/mol. The predicted molar refractivity (Wildman–Crippen MR) is 159 cm³/mol. The number of carbonyl (C=O) groups is 3. The van der Waals surface area contributed by atoms with Gasteiger partial charge < -0.3 is 34.5 Å². The van der Waals surface area contributed by atoms with Crippen LogP contribution in [0.3, 0.4) is 0 Å². The van der Waals surface area contributed by atoms with Gasteiger partial charge in [0.2, 0.25) is 5.91 Å². The van der Waals surface area contributed by atoms with Gasteiger partial charge in [0.1, 0.15) is 0 Å². The normalized spacial score (nSPS) is 15.0. The molecule has 1 unspecified atom stereocenters. The molecule has 0 spiro atoms. The summed E-state index contributed by atoms with van der Waals surface area (Å²) in [5.41, 5.74) is 1.87. The van der Waals surface area contributed by atoms with Gasteiger partial charge in [-0.2, -0.15) is 0 Å². The van der Waals surface area contributed by atoms with Crippen LogP contribution in [0.25, 0.3) is 0 Å². The second-order valence-electron chi connectivity index (χ2n) is 10.1. The highest BCUT2D eigenvalue weighted by atomic mass is 16.5. The highest BCUT2D eigenvalue weighted by molar-refractivity contribution is 5.95. The maximum absolute atomic E-state index is 13.2. The molecule has 230 valence electrons. The predicted octanol–water partition coefficient (Wildman–Crippen LogP) is 4.49. The van der Waals surface area contributed by atoms with Crippen LogP contribution in [-0.4, -0.2) is 80.0 Å². The fourth-order valence-electron chi connectivity index (χ4n) is 4.36. The summed E-state index contributed by atoms with van der Waals surface area (Å²) in [6, 6.07) is 11.4. The number of piperidine rings is 1. The van der Waals surface area contributed by atoms with Gasteiger partial charge in [0.15, 0.2) is 23.0 Å². The molecule has 1 amide bonds. The lowest BCUT2D eigenvalue weighted by molar-refractivity contribution is -0.134. The Balaban J connectivity index is 0.000000675. The monoisotopic (exact) mass is 586 g/mol. The molecule has 11 heteroatoms. The van der Waals surface area contributed by atoms with Crippen LogP contribution in [0.1, 0.15) is 38.7 Å². The van der Waals surface area contributed by atoms with E-state index < -0.39 is 11.9 Å². The van der Waals surface area contributed by atoms with E-state index in [1.807, 2.05) is 30.3 Å². The summed E-state index contributed by atoms with van der Waals surface area (Å²) < 4.78 is 22.1. The van der Waals surface area contributed by atoms with E-state index in [4.69, 9.17) is 29.2 Å². The van der Waals surface area contributed by atoms with Gasteiger partial charge in [0.05, 0.1) is 34.0 Å². The van der Waals surface area contributed by atoms with Gasteiger partial charge >= 0.3 is 11.9 Å². The molecule has 2 aromatic rings. The number of methoxy groups -OCH3 is 3. The number of carbonyl (C=O) groups excluding carboxylic acids is 1. The molecular weight excluding hydrogens is 544 g/mol. The van der Waals surface area contributed by atoms with E-state index in [1.54, 1.807) is 21.3 Å². The van der Waals surface area contributed by atoms with E-state index in [2.05, 4.69) is 30.1 Å². The lowest BCUT2D eigenvalue weighted by Crippen LogP contribution is -2.47. The Morgan fingerprint density at radius 2 is 1.52 bits per heavy atom. The number of hydrogen-bond acceptors (Lipinski definition) is 8. The van der Waals surface area contributed by atoms with Crippen LogP contribution in [0.4, 0.5) is 5.69 Å². The molecule has 0 aliphatic carbocycles. The highest BCUT2D eigenvalue weighted by Gasteiger charge is 2.28. The first kappa shape index (κ1) is 34.0. The maximum Gasteiger partial charge on any atom is 0.328 e. The molecule has 2 aromatic carbocycles. The minimum absolute atomic E-state index is 0.0204. The molecule has 3 N–H and O–H groups in total. The van der Waals surface area contributed by atoms with Crippen LogP contribution in [0.5, 0.6) is 23.0 Å². The maximum atomic E-state index is 13.2. The molecule has 1 heterocycles. The van der Waals surface area contributed by atoms with Gasteiger partial charge in [-0.05, 0) is 61.6 Å². The van der Waals surface area contributed by atoms with Crippen molar-refractivity contribution < 1.29 is 43.5 Å². The number of rotatable bonds is 13. The van der Waals surface area contributed by atoms with Crippen molar-refractivity contribution in [3.8, 4) is 23.0 Å². The lowest BCUT2D eigenvalue weighted by Gasteiger charge is -2.34. The highest BCUT2D eigenvalue weighted by Crippen LogP contribution is 2.31. The number of carboxylic acid groups (broad SMARTS) is 2. The summed E-state index contributed by atoms with van der Waals surface area (Å²) in [6.07, 6.45) is 4.96. The first-order valence-electron chi connectivity index (χ1n) is 13.8. The Bertz CT molecular complexity index is 1200. The quantitative estimate of drug-likeness (QED) is 0.287. The van der Waals surface area contributed by atoms with E-state index >= 15 is 0 Å². The Kier molecular flexibility index (Phi) is 14.2. The van der Waals surface area contributed by atoms with Crippen LogP contribution in [0.2, 0.25) is 0 Å². The Morgan fingerprint density at radius 1 is 0.905 bits per heavy atom. The van der Waals surface area contributed by atoms with Gasteiger partial charge in [0.25, 0.3) is 0 Å². The van der Waals surface area contributed by atoms with E-state index in [1.165, 1.54) is 0 Å². The Labute approximate surface area is 247 Å². The van der Waals surface area contributed by atoms with Crippen molar-refractivity contribution in [3.63, 3.8) is 0 Å². The third-order valence-electron chi connectivity index (χ3n) is 6.42. The van der Waals surface area contributed by atoms with Gasteiger partial charge in [-0.3, -0.25) is 9.69 Å². The van der Waals surface area contributed by atoms with Crippen molar-refractivity contribution in [1.82, 2.24) is 4.90 Å². The van der Waals surface area contributed by atoms with Crippen molar-refractivity contribution in [2.45, 2.75) is 45.6 Å². The smallest absolute Gasteiger partial charge is 0.328 e. The zero-order valence-electron chi connectivity index (χ0n) is 24.9. The molecule has 3 rings (SSSR count). The second kappa shape index (κ2) is 17.5. The average Bonchev–Trinajstić information content (AvgIpc) is 2.98. The van der Waals surface area contributed by atoms with Crippen molar-refractivity contribution in [2.24, 2.45) is 5.92 Å². The fourth-order valence-corrected chi connectivity index (χ4v) is 4.36. The molecule has 0 radical (unpaired) electrons. The number of amides is 1. The number of hydrogen-bond donors (Lipinski definition) is 3. The summed E-state index contributed by atoms with van der Waals surface area (Å²) >= 11 is 0. The summed E-state index contributed by atoms with van der Waals surface area (Å²) in [5, 5.41) is 18.7. The number of aliphatic carboxylic acids is 2. The first-order valence-corrected chi connectivity index (χ1v) is 13.8. The largest absolute Gasteiger partial charge is 0.493 e. The number of ether oxygens (including phenoxy) is 4. The Morgan fingerprint density at radius 3 is 2.12 bits per heavy atom. The summed E-state index contributed by atoms with van der Waals surface area (Å²) in [6.45, 7) is 6.49. The first-order chi connectivity index (χ1) is 20.1. The second-order valence-corrected chi connectivity index (χ2v) is 10.1. The van der Waals surface area contributed by atoms with Gasteiger partial charge in [0, 0.05) is 30.5 Å². The van der Waals surface area contributed by atoms with Gasteiger partial charge in [-0.25, -0.2) is 9.59 Å². The zero-order chi connectivity index (χ0) is 31.1. The Hall–Kier alpha value is -4.25. The molecule has 1 aliphatic rings. The van der Waals surface area contributed by atoms with E-state index in [-0.39, 0.29) is 11.9 Å². The number of nitrogens with zero attached hydrogens (tertiary/aromatic N) is 1. The molecule has 11 nitrogen and oxygen atoms in total. The SMILES string of the molecule is COc1ccc(CCN2CCCCC2C(=O)Nc2ccc(OC)c(OCC(C)C)c2)cc1OC.O=C(O)/C=C/C(=O)O. The third kappa shape index (κ3) is 11.3. The number of nitrogens with one attached hydrogen (secondary N) is 1. The minimum Gasteiger partial charge on any atom is -0.493 e. The van der Waals surface area contributed by atoms with E-state index in [0.29, 0.717) is 36.2 Å². The number of anilines is 1. The number of likely N-dealkylation sites (tertiary alicyclic amines) is 1. The summed E-state index contributed by atoms with van der Waals surface area (Å²) in [7, 11) is 4.90. The van der Waals surface area contributed by atoms with E-state index in [9.17, 15) is 14.4 Å². The summed E-state index contributed by atoms with van der Waals surface area (Å²) in [5.74, 6) is 0.646. The van der Waals surface area contributed by atoms with Crippen molar-refractivity contribution in [2.75, 3.05) is 46.3 Å². The van der Waals surface area contributed by atoms with Crippen molar-refractivity contribution in [3.05, 3.63) is 54.1 Å². The lowest BCUT2D eigenvalue weighted by atomic mass is 10.00. The van der Waals surface area contributed by atoms with Crippen molar-refractivity contribution in [1.29, 1.82) is 0 Å². The van der Waals surface area contributed by atoms with Gasteiger partial charge in [-0.1, -0.05) is 26.3 Å². The van der Waals surface area contributed by atoms with Crippen LogP contribution >= 0.6 is 0 Å². The molecule has 1 atom stereocenters. The van der Waals surface area contributed by atoms with Crippen LogP contribution in [0, 0.1) is 5.92 Å². The van der Waals surface area contributed by atoms with E-state index in [0.717, 1.165) is 61.5 Å². The van der Waals surface area contributed by atoms with Crippen LogP contribution in [0.15, 0.2) is 48.6 Å². The third-order valence-corrected chi connectivity index (χ3v) is 6.42. The number of benzene rings is 2. The molecule has 0 saturated carbocycles. The van der Waals surface area contributed by atoms with Crippen LogP contribution in [-0.2, 0) is 20.8 Å². The molecule has 1 saturated heterocycles. The minimum atomic E-state index is -1.26. The van der Waals surface area contributed by atoms with Crippen molar-refractivity contribution >= 4 is 23.5 Å². The molecule has 42 heavy (non-hydrogen) atoms. The zero-order valence-corrected chi connectivity index (χ0v) is 24.9. The van der Waals surface area contributed by atoms with Crippen LogP contribution < -0.4 is 24.3 Å². The molecule has 0 bridgehead atoms. The molecule has 0 aromatic heterocycles. The molecule has 1 fully saturated rings. The molecule has 1 aliphatic heterocycles. The fraction of sp³-hybridized carbons (Fsp3) is 0.452. The molecular formula is C31H42N2O9.